The second kappa shape index (κ2) is 4.51. The van der Waals surface area contributed by atoms with E-state index < -0.39 is 12.1 Å². The number of esters is 1. The van der Waals surface area contributed by atoms with E-state index in [4.69, 9.17) is 11.6 Å². The molecule has 0 aliphatic heterocycles. The van der Waals surface area contributed by atoms with E-state index >= 15 is 0 Å². The maximum Gasteiger partial charge on any atom is 0.339 e. The van der Waals surface area contributed by atoms with Crippen LogP contribution in [0.3, 0.4) is 0 Å². The van der Waals surface area contributed by atoms with Crippen molar-refractivity contribution in [2.45, 2.75) is 13.0 Å². The predicted octanol–water partition coefficient (Wildman–Crippen LogP) is 1.56. The Labute approximate surface area is 92.1 Å². The third kappa shape index (κ3) is 2.40. The van der Waals surface area contributed by atoms with Gasteiger partial charge >= 0.3 is 5.97 Å². The molecule has 0 saturated heterocycles. The van der Waals surface area contributed by atoms with Crippen LogP contribution in [0.15, 0.2) is 12.1 Å². The van der Waals surface area contributed by atoms with Crippen LogP contribution < -0.4 is 0 Å². The molecule has 0 amide bonds. The number of hydrogen-bond acceptors (Lipinski definition) is 4. The molecule has 0 fully saturated rings. The number of phenols is 1. The van der Waals surface area contributed by atoms with Crippen molar-refractivity contribution in [1.82, 2.24) is 0 Å². The number of carbonyl (C=O) groups is 1. The van der Waals surface area contributed by atoms with Gasteiger partial charge in [-0.1, -0.05) is 11.6 Å². The molecule has 0 saturated carbocycles. The van der Waals surface area contributed by atoms with Gasteiger partial charge in [-0.3, -0.25) is 0 Å². The molecule has 5 heteroatoms. The Kier molecular flexibility index (Phi) is 3.55. The number of phenolic OH excluding ortho intramolecular Hbond substituents is 1. The van der Waals surface area contributed by atoms with Crippen LogP contribution in [0.4, 0.5) is 0 Å². The standard InChI is InChI=1S/C10H11ClO4/c1-5-3-8(12)6(4-7(5)11)9(13)10(14)15-2/h3-4,9,12-13H,1-2H3. The number of methoxy groups -OCH3 is 1. The lowest BCUT2D eigenvalue weighted by Crippen LogP contribution is -2.13. The van der Waals surface area contributed by atoms with Crippen molar-refractivity contribution in [1.29, 1.82) is 0 Å². The number of ether oxygens (including phenoxy) is 1. The fourth-order valence-corrected chi connectivity index (χ4v) is 1.31. The predicted molar refractivity (Wildman–Crippen MR) is 54.8 cm³/mol. The molecule has 0 aliphatic carbocycles. The van der Waals surface area contributed by atoms with Crippen LogP contribution in [0.2, 0.25) is 5.02 Å². The fraction of sp³-hybridized carbons (Fsp3) is 0.300. The van der Waals surface area contributed by atoms with Gasteiger partial charge in [0.25, 0.3) is 0 Å². The highest BCUT2D eigenvalue weighted by Crippen LogP contribution is 2.30. The molecule has 2 N–H and O–H groups in total. The van der Waals surface area contributed by atoms with E-state index in [1.54, 1.807) is 6.92 Å². The number of carbonyl (C=O) groups excluding carboxylic acids is 1. The van der Waals surface area contributed by atoms with Crippen molar-refractivity contribution in [3.8, 4) is 5.75 Å². The van der Waals surface area contributed by atoms with Crippen LogP contribution in [0, 0.1) is 6.92 Å². The average molecular weight is 231 g/mol. The Morgan fingerprint density at radius 1 is 1.53 bits per heavy atom. The van der Waals surface area contributed by atoms with Gasteiger partial charge in [0.2, 0.25) is 0 Å². The molecule has 1 rings (SSSR count). The zero-order valence-corrected chi connectivity index (χ0v) is 9.08. The number of hydrogen-bond donors (Lipinski definition) is 2. The molecule has 0 radical (unpaired) electrons. The van der Waals surface area contributed by atoms with E-state index in [1.165, 1.54) is 12.1 Å². The average Bonchev–Trinajstić information content (AvgIpc) is 2.21. The summed E-state index contributed by atoms with van der Waals surface area (Å²) < 4.78 is 4.35. The Balaban J connectivity index is 3.14. The Bertz CT molecular complexity index is 389. The summed E-state index contributed by atoms with van der Waals surface area (Å²) >= 11 is 5.80. The number of benzene rings is 1. The highest BCUT2D eigenvalue weighted by atomic mass is 35.5. The molecular formula is C10H11ClO4. The molecule has 15 heavy (non-hydrogen) atoms. The van der Waals surface area contributed by atoms with Crippen LogP contribution in [0.25, 0.3) is 0 Å². The Morgan fingerprint density at radius 2 is 2.13 bits per heavy atom. The molecule has 0 bridgehead atoms. The second-order valence-electron chi connectivity index (χ2n) is 3.09. The van der Waals surface area contributed by atoms with Gasteiger partial charge in [0.05, 0.1) is 7.11 Å². The van der Waals surface area contributed by atoms with E-state index in [2.05, 4.69) is 4.74 Å². The number of aliphatic hydroxyl groups is 1. The van der Waals surface area contributed by atoms with Crippen molar-refractivity contribution >= 4 is 17.6 Å². The van der Waals surface area contributed by atoms with Gasteiger partial charge in [-0.2, -0.15) is 0 Å². The smallest absolute Gasteiger partial charge is 0.339 e. The first-order valence-corrected chi connectivity index (χ1v) is 4.60. The van der Waals surface area contributed by atoms with Crippen LogP contribution >= 0.6 is 11.6 Å². The van der Waals surface area contributed by atoms with Crippen LogP contribution in [-0.4, -0.2) is 23.3 Å². The molecule has 0 aromatic heterocycles. The van der Waals surface area contributed by atoms with Crippen molar-refractivity contribution in [2.24, 2.45) is 0 Å². The summed E-state index contributed by atoms with van der Waals surface area (Å²) in [6.45, 7) is 1.70. The van der Waals surface area contributed by atoms with Crippen molar-refractivity contribution in [3.05, 3.63) is 28.3 Å². The van der Waals surface area contributed by atoms with E-state index in [1.807, 2.05) is 0 Å². The lowest BCUT2D eigenvalue weighted by atomic mass is 10.1. The maximum atomic E-state index is 11.0. The zero-order valence-electron chi connectivity index (χ0n) is 8.32. The van der Waals surface area contributed by atoms with Crippen molar-refractivity contribution in [3.63, 3.8) is 0 Å². The summed E-state index contributed by atoms with van der Waals surface area (Å²) in [6.07, 6.45) is -1.52. The summed E-state index contributed by atoms with van der Waals surface area (Å²) in [6, 6.07) is 2.72. The third-order valence-corrected chi connectivity index (χ3v) is 2.43. The largest absolute Gasteiger partial charge is 0.508 e. The van der Waals surface area contributed by atoms with Crippen LogP contribution in [-0.2, 0) is 9.53 Å². The van der Waals surface area contributed by atoms with Gasteiger partial charge in [0.1, 0.15) is 5.75 Å². The monoisotopic (exact) mass is 230 g/mol. The number of aryl methyl sites for hydroxylation is 1. The van der Waals surface area contributed by atoms with E-state index in [9.17, 15) is 15.0 Å². The SMILES string of the molecule is COC(=O)C(O)c1cc(Cl)c(C)cc1O. The quantitative estimate of drug-likeness (QED) is 0.757. The van der Waals surface area contributed by atoms with Crippen LogP contribution in [0.5, 0.6) is 5.75 Å². The fourth-order valence-electron chi connectivity index (χ4n) is 1.14. The molecular weight excluding hydrogens is 220 g/mol. The van der Waals surface area contributed by atoms with Crippen LogP contribution in [0.1, 0.15) is 17.2 Å². The lowest BCUT2D eigenvalue weighted by molar-refractivity contribution is -0.150. The first-order valence-electron chi connectivity index (χ1n) is 4.22. The molecule has 0 heterocycles. The number of halogens is 1. The number of aliphatic hydroxyl groups excluding tert-OH is 1. The Morgan fingerprint density at radius 3 is 2.67 bits per heavy atom. The molecule has 1 atom stereocenters. The first-order chi connectivity index (χ1) is 6.97. The summed E-state index contributed by atoms with van der Waals surface area (Å²) in [7, 11) is 1.15. The zero-order chi connectivity index (χ0) is 11.6. The minimum Gasteiger partial charge on any atom is -0.508 e. The highest BCUT2D eigenvalue weighted by molar-refractivity contribution is 6.31. The highest BCUT2D eigenvalue weighted by Gasteiger charge is 2.22. The second-order valence-corrected chi connectivity index (χ2v) is 3.49. The van der Waals surface area contributed by atoms with Gasteiger partial charge < -0.3 is 14.9 Å². The lowest BCUT2D eigenvalue weighted by Gasteiger charge is -2.11. The summed E-state index contributed by atoms with van der Waals surface area (Å²) in [5, 5.41) is 19.4. The molecule has 1 aromatic carbocycles. The minimum absolute atomic E-state index is 0.0393. The molecule has 1 aromatic rings. The number of rotatable bonds is 2. The topological polar surface area (TPSA) is 66.8 Å². The molecule has 82 valence electrons. The normalized spacial score (nSPS) is 12.3. The van der Waals surface area contributed by atoms with Gasteiger partial charge in [0.15, 0.2) is 6.10 Å². The molecule has 1 unspecified atom stereocenters. The molecule has 0 spiro atoms. The van der Waals surface area contributed by atoms with Gasteiger partial charge in [-0.15, -0.1) is 0 Å². The summed E-state index contributed by atoms with van der Waals surface area (Å²) in [5.74, 6) is -1.03. The summed E-state index contributed by atoms with van der Waals surface area (Å²) in [4.78, 5) is 11.0. The van der Waals surface area contributed by atoms with Gasteiger partial charge in [0, 0.05) is 10.6 Å². The van der Waals surface area contributed by atoms with Gasteiger partial charge in [-0.05, 0) is 24.6 Å². The summed E-state index contributed by atoms with van der Waals surface area (Å²) in [5.41, 5.74) is 0.701. The van der Waals surface area contributed by atoms with Crippen molar-refractivity contribution in [2.75, 3.05) is 7.11 Å². The molecule has 4 nitrogen and oxygen atoms in total. The van der Waals surface area contributed by atoms with E-state index in [0.717, 1.165) is 7.11 Å². The van der Waals surface area contributed by atoms with Gasteiger partial charge in [-0.25, -0.2) is 4.79 Å². The van der Waals surface area contributed by atoms with E-state index in [0.29, 0.717) is 10.6 Å². The minimum atomic E-state index is -1.52. The van der Waals surface area contributed by atoms with E-state index in [-0.39, 0.29) is 11.3 Å². The number of aromatic hydroxyl groups is 1. The third-order valence-electron chi connectivity index (χ3n) is 2.03. The molecule has 0 aliphatic rings. The Hall–Kier alpha value is -1.26. The first kappa shape index (κ1) is 11.8. The maximum absolute atomic E-state index is 11.0. The van der Waals surface area contributed by atoms with Crippen molar-refractivity contribution < 1.29 is 19.7 Å².